The third-order valence-corrected chi connectivity index (χ3v) is 4.40. The molecule has 1 aromatic rings. The maximum atomic E-state index is 4.63. The van der Waals surface area contributed by atoms with Gasteiger partial charge in [-0.1, -0.05) is 19.3 Å². The second kappa shape index (κ2) is 6.27. The highest BCUT2D eigenvalue weighted by molar-refractivity contribution is 5.49. The van der Waals surface area contributed by atoms with Gasteiger partial charge in [0.15, 0.2) is 0 Å². The van der Waals surface area contributed by atoms with Gasteiger partial charge in [0, 0.05) is 19.1 Å². The zero-order chi connectivity index (χ0) is 12.9. The molecule has 1 N–H and O–H groups in total. The molecule has 19 heavy (non-hydrogen) atoms. The molecule has 2 aliphatic rings. The predicted octanol–water partition coefficient (Wildman–Crippen LogP) is 3.82. The van der Waals surface area contributed by atoms with Crippen LogP contribution in [0.3, 0.4) is 0 Å². The van der Waals surface area contributed by atoms with Crippen molar-refractivity contribution in [3.8, 4) is 0 Å². The zero-order valence-electron chi connectivity index (χ0n) is 11.8. The number of piperidine rings is 1. The SMILES string of the molecule is c1cc(N2CCCCC2)ncc1NC1CCCCC1. The van der Waals surface area contributed by atoms with E-state index in [9.17, 15) is 0 Å². The van der Waals surface area contributed by atoms with E-state index in [2.05, 4.69) is 27.3 Å². The molecule has 0 unspecified atom stereocenters. The fraction of sp³-hybridized carbons (Fsp3) is 0.688. The average molecular weight is 259 g/mol. The molecule has 3 heteroatoms. The summed E-state index contributed by atoms with van der Waals surface area (Å²) < 4.78 is 0. The lowest BCUT2D eigenvalue weighted by Crippen LogP contribution is -2.30. The minimum Gasteiger partial charge on any atom is -0.381 e. The van der Waals surface area contributed by atoms with Crippen LogP contribution in [0.2, 0.25) is 0 Å². The molecule has 3 nitrogen and oxygen atoms in total. The van der Waals surface area contributed by atoms with Gasteiger partial charge in [-0.15, -0.1) is 0 Å². The minimum atomic E-state index is 0.663. The number of pyridine rings is 1. The first-order chi connectivity index (χ1) is 9.42. The van der Waals surface area contributed by atoms with Gasteiger partial charge in [0.25, 0.3) is 0 Å². The van der Waals surface area contributed by atoms with Crippen LogP contribution >= 0.6 is 0 Å². The highest BCUT2D eigenvalue weighted by Crippen LogP contribution is 2.23. The van der Waals surface area contributed by atoms with E-state index in [0.29, 0.717) is 6.04 Å². The van der Waals surface area contributed by atoms with E-state index in [1.165, 1.54) is 70.1 Å². The average Bonchev–Trinajstić information content (AvgIpc) is 2.50. The third-order valence-electron chi connectivity index (χ3n) is 4.40. The molecule has 0 bridgehead atoms. The molecule has 0 atom stereocenters. The first-order valence-electron chi connectivity index (χ1n) is 7.89. The highest BCUT2D eigenvalue weighted by atomic mass is 15.2. The molecular formula is C16H25N3. The lowest BCUT2D eigenvalue weighted by Gasteiger charge is -2.28. The first-order valence-corrected chi connectivity index (χ1v) is 7.89. The number of hydrogen-bond acceptors (Lipinski definition) is 3. The molecule has 104 valence electrons. The summed E-state index contributed by atoms with van der Waals surface area (Å²) in [4.78, 5) is 7.04. The molecule has 3 rings (SSSR count). The number of nitrogens with zero attached hydrogens (tertiary/aromatic N) is 2. The maximum absolute atomic E-state index is 4.63. The van der Waals surface area contributed by atoms with Crippen LogP contribution in [0.25, 0.3) is 0 Å². The Balaban J connectivity index is 1.58. The van der Waals surface area contributed by atoms with Crippen molar-refractivity contribution in [1.82, 2.24) is 4.98 Å². The molecule has 2 fully saturated rings. The van der Waals surface area contributed by atoms with Crippen molar-refractivity contribution in [1.29, 1.82) is 0 Å². The van der Waals surface area contributed by atoms with E-state index in [0.717, 1.165) is 5.82 Å². The van der Waals surface area contributed by atoms with Crippen LogP contribution in [0.15, 0.2) is 18.3 Å². The minimum absolute atomic E-state index is 0.663. The topological polar surface area (TPSA) is 28.2 Å². The number of hydrogen-bond donors (Lipinski definition) is 1. The van der Waals surface area contributed by atoms with Gasteiger partial charge in [-0.05, 0) is 44.2 Å². The summed E-state index contributed by atoms with van der Waals surface area (Å²) in [6, 6.07) is 5.04. The monoisotopic (exact) mass is 259 g/mol. The number of nitrogens with one attached hydrogen (secondary N) is 1. The van der Waals surface area contributed by atoms with Crippen LogP contribution in [0.4, 0.5) is 11.5 Å². The first kappa shape index (κ1) is 12.8. The Bertz CT molecular complexity index is 375. The third kappa shape index (κ3) is 3.40. The standard InChI is InChI=1S/C16H25N3/c1-3-7-14(8-4-1)18-15-9-10-16(17-13-15)19-11-5-2-6-12-19/h9-10,13-14,18H,1-8,11-12H2. The van der Waals surface area contributed by atoms with Gasteiger partial charge in [-0.3, -0.25) is 0 Å². The summed E-state index contributed by atoms with van der Waals surface area (Å²) in [6.45, 7) is 2.34. The van der Waals surface area contributed by atoms with E-state index >= 15 is 0 Å². The fourth-order valence-electron chi connectivity index (χ4n) is 3.26. The number of anilines is 2. The second-order valence-electron chi connectivity index (χ2n) is 5.93. The summed E-state index contributed by atoms with van der Waals surface area (Å²) in [7, 11) is 0. The summed E-state index contributed by atoms with van der Waals surface area (Å²) in [5, 5.41) is 3.63. The second-order valence-corrected chi connectivity index (χ2v) is 5.93. The lowest BCUT2D eigenvalue weighted by atomic mass is 9.95. The molecule has 0 spiro atoms. The molecule has 1 aromatic heterocycles. The van der Waals surface area contributed by atoms with Crippen LogP contribution in [0.1, 0.15) is 51.4 Å². The molecule has 1 saturated heterocycles. The number of rotatable bonds is 3. The van der Waals surface area contributed by atoms with Crippen LogP contribution < -0.4 is 10.2 Å². The molecular weight excluding hydrogens is 234 g/mol. The molecule has 1 aliphatic heterocycles. The summed E-state index contributed by atoms with van der Waals surface area (Å²) in [5.74, 6) is 1.15. The van der Waals surface area contributed by atoms with E-state index in [-0.39, 0.29) is 0 Å². The Kier molecular flexibility index (Phi) is 4.21. The highest BCUT2D eigenvalue weighted by Gasteiger charge is 2.14. The van der Waals surface area contributed by atoms with Crippen LogP contribution in [-0.4, -0.2) is 24.1 Å². The quantitative estimate of drug-likeness (QED) is 0.894. The van der Waals surface area contributed by atoms with E-state index in [1.54, 1.807) is 0 Å². The lowest BCUT2D eigenvalue weighted by molar-refractivity contribution is 0.462. The molecule has 1 saturated carbocycles. The smallest absolute Gasteiger partial charge is 0.128 e. The van der Waals surface area contributed by atoms with Crippen molar-refractivity contribution in [3.63, 3.8) is 0 Å². The van der Waals surface area contributed by atoms with Crippen LogP contribution in [-0.2, 0) is 0 Å². The molecule has 0 radical (unpaired) electrons. The molecule has 0 amide bonds. The van der Waals surface area contributed by atoms with Gasteiger partial charge < -0.3 is 10.2 Å². The van der Waals surface area contributed by atoms with E-state index < -0.39 is 0 Å². The van der Waals surface area contributed by atoms with Crippen molar-refractivity contribution in [3.05, 3.63) is 18.3 Å². The summed E-state index contributed by atoms with van der Waals surface area (Å²) >= 11 is 0. The molecule has 1 aliphatic carbocycles. The van der Waals surface area contributed by atoms with Crippen molar-refractivity contribution >= 4 is 11.5 Å². The van der Waals surface area contributed by atoms with Crippen molar-refractivity contribution in [2.45, 2.75) is 57.4 Å². The van der Waals surface area contributed by atoms with Gasteiger partial charge in [0.1, 0.15) is 5.82 Å². The Morgan fingerprint density at radius 3 is 2.37 bits per heavy atom. The van der Waals surface area contributed by atoms with Crippen molar-refractivity contribution in [2.24, 2.45) is 0 Å². The van der Waals surface area contributed by atoms with Gasteiger partial charge in [-0.25, -0.2) is 4.98 Å². The normalized spacial score (nSPS) is 21.4. The van der Waals surface area contributed by atoms with Gasteiger partial charge in [-0.2, -0.15) is 0 Å². The largest absolute Gasteiger partial charge is 0.381 e. The van der Waals surface area contributed by atoms with E-state index in [1.807, 2.05) is 6.20 Å². The molecule has 2 heterocycles. The Hall–Kier alpha value is -1.25. The van der Waals surface area contributed by atoms with E-state index in [4.69, 9.17) is 0 Å². The van der Waals surface area contributed by atoms with Crippen LogP contribution in [0.5, 0.6) is 0 Å². The van der Waals surface area contributed by atoms with Gasteiger partial charge in [0.2, 0.25) is 0 Å². The van der Waals surface area contributed by atoms with Gasteiger partial charge >= 0.3 is 0 Å². The Morgan fingerprint density at radius 2 is 1.68 bits per heavy atom. The number of aromatic nitrogens is 1. The zero-order valence-corrected chi connectivity index (χ0v) is 11.8. The summed E-state index contributed by atoms with van der Waals surface area (Å²) in [6.07, 6.45) is 12.8. The van der Waals surface area contributed by atoms with Crippen molar-refractivity contribution in [2.75, 3.05) is 23.3 Å². The van der Waals surface area contributed by atoms with Crippen molar-refractivity contribution < 1.29 is 0 Å². The van der Waals surface area contributed by atoms with Crippen LogP contribution in [0, 0.1) is 0 Å². The fourth-order valence-corrected chi connectivity index (χ4v) is 3.26. The Labute approximate surface area is 116 Å². The van der Waals surface area contributed by atoms with Gasteiger partial charge in [0.05, 0.1) is 11.9 Å². The predicted molar refractivity (Wildman–Crippen MR) is 80.8 cm³/mol. The molecule has 0 aromatic carbocycles. The Morgan fingerprint density at radius 1 is 0.947 bits per heavy atom. The maximum Gasteiger partial charge on any atom is 0.128 e. The summed E-state index contributed by atoms with van der Waals surface area (Å²) in [5.41, 5.74) is 1.19.